The van der Waals surface area contributed by atoms with Crippen LogP contribution in [0.3, 0.4) is 0 Å². The Balaban J connectivity index is 0.00000225. The SMILES string of the molecule is COCCN1C(=O)c2ccc(C(=O)NCC3CNC3)cc2S1(=O)=O.Cl. The Morgan fingerprint density at radius 3 is 2.72 bits per heavy atom. The van der Waals surface area contributed by atoms with Gasteiger partial charge in [0.25, 0.3) is 21.8 Å². The molecule has 10 heteroatoms. The molecule has 0 atom stereocenters. The van der Waals surface area contributed by atoms with Crippen molar-refractivity contribution >= 4 is 34.2 Å². The third-order valence-corrected chi connectivity index (χ3v) is 6.01. The minimum Gasteiger partial charge on any atom is -0.383 e. The minimum absolute atomic E-state index is 0. The van der Waals surface area contributed by atoms with Gasteiger partial charge in [0.2, 0.25) is 0 Å². The first-order valence-electron chi connectivity index (χ1n) is 7.64. The molecule has 2 N–H and O–H groups in total. The maximum absolute atomic E-state index is 12.5. The molecule has 1 aromatic rings. The second-order valence-electron chi connectivity index (χ2n) is 5.82. The van der Waals surface area contributed by atoms with Gasteiger partial charge in [-0.2, -0.15) is 0 Å². The average Bonchev–Trinajstić information content (AvgIpc) is 2.70. The van der Waals surface area contributed by atoms with Crippen LogP contribution in [0.25, 0.3) is 0 Å². The molecule has 0 saturated carbocycles. The van der Waals surface area contributed by atoms with Crippen molar-refractivity contribution in [3.8, 4) is 0 Å². The van der Waals surface area contributed by atoms with Crippen LogP contribution in [0.5, 0.6) is 0 Å². The number of sulfonamides is 1. The molecule has 25 heavy (non-hydrogen) atoms. The molecule has 8 nitrogen and oxygen atoms in total. The van der Waals surface area contributed by atoms with E-state index in [1.165, 1.54) is 25.3 Å². The molecule has 0 aromatic heterocycles. The Labute approximate surface area is 152 Å². The third kappa shape index (κ3) is 3.64. The van der Waals surface area contributed by atoms with E-state index in [9.17, 15) is 18.0 Å². The summed E-state index contributed by atoms with van der Waals surface area (Å²) in [4.78, 5) is 24.3. The maximum Gasteiger partial charge on any atom is 0.269 e. The van der Waals surface area contributed by atoms with Gasteiger partial charge in [0.05, 0.1) is 18.7 Å². The number of hydrogen-bond donors (Lipinski definition) is 2. The van der Waals surface area contributed by atoms with Gasteiger partial charge in [-0.1, -0.05) is 0 Å². The summed E-state index contributed by atoms with van der Waals surface area (Å²) in [5.41, 5.74) is 0.317. The number of carbonyl (C=O) groups is 2. The van der Waals surface area contributed by atoms with Gasteiger partial charge in [0, 0.05) is 38.2 Å². The van der Waals surface area contributed by atoms with Gasteiger partial charge in [-0.15, -0.1) is 12.4 Å². The van der Waals surface area contributed by atoms with Crippen molar-refractivity contribution in [1.82, 2.24) is 14.9 Å². The maximum atomic E-state index is 12.5. The molecular weight excluding hydrogens is 370 g/mol. The first-order valence-corrected chi connectivity index (χ1v) is 9.08. The Morgan fingerprint density at radius 2 is 2.12 bits per heavy atom. The molecule has 0 aliphatic carbocycles. The predicted octanol–water partition coefficient (Wildman–Crippen LogP) is -0.151. The van der Waals surface area contributed by atoms with E-state index < -0.39 is 15.9 Å². The van der Waals surface area contributed by atoms with Crippen LogP contribution in [-0.2, 0) is 14.8 Å². The first-order chi connectivity index (χ1) is 11.4. The molecule has 1 saturated heterocycles. The lowest BCUT2D eigenvalue weighted by molar-refractivity contribution is 0.0835. The monoisotopic (exact) mass is 389 g/mol. The van der Waals surface area contributed by atoms with E-state index in [2.05, 4.69) is 10.6 Å². The molecule has 0 spiro atoms. The number of methoxy groups -OCH3 is 1. The molecule has 3 rings (SSSR count). The summed E-state index contributed by atoms with van der Waals surface area (Å²) >= 11 is 0. The van der Waals surface area contributed by atoms with Crippen molar-refractivity contribution in [3.63, 3.8) is 0 Å². The predicted molar refractivity (Wildman–Crippen MR) is 92.5 cm³/mol. The Hall–Kier alpha value is -1.68. The lowest BCUT2D eigenvalue weighted by Gasteiger charge is -2.27. The molecule has 1 fully saturated rings. The van der Waals surface area contributed by atoms with Crippen molar-refractivity contribution < 1.29 is 22.7 Å². The number of hydrogen-bond acceptors (Lipinski definition) is 6. The molecule has 2 amide bonds. The number of fused-ring (bicyclic) bond motifs is 1. The van der Waals surface area contributed by atoms with Crippen LogP contribution in [0.1, 0.15) is 20.7 Å². The van der Waals surface area contributed by atoms with E-state index in [1.54, 1.807) is 0 Å². The van der Waals surface area contributed by atoms with Crippen LogP contribution in [0.4, 0.5) is 0 Å². The van der Waals surface area contributed by atoms with E-state index in [0.29, 0.717) is 12.5 Å². The second kappa shape index (κ2) is 7.69. The Morgan fingerprint density at radius 1 is 1.40 bits per heavy atom. The first kappa shape index (κ1) is 19.6. The van der Waals surface area contributed by atoms with Crippen molar-refractivity contribution in [2.24, 2.45) is 5.92 Å². The molecule has 2 aliphatic rings. The largest absolute Gasteiger partial charge is 0.383 e. The van der Waals surface area contributed by atoms with Gasteiger partial charge in [-0.05, 0) is 18.2 Å². The number of rotatable bonds is 6. The van der Waals surface area contributed by atoms with Gasteiger partial charge in [0.1, 0.15) is 4.90 Å². The molecular formula is C15H20ClN3O5S. The summed E-state index contributed by atoms with van der Waals surface area (Å²) in [6, 6.07) is 4.13. The standard InChI is InChI=1S/C15H19N3O5S.ClH/c1-23-5-4-18-15(20)12-3-2-11(6-13(12)24(18,21)22)14(19)17-9-10-7-16-8-10;/h2-3,6,10,16H,4-5,7-9H2,1H3,(H,17,19);1H. The molecule has 1 aromatic carbocycles. The van der Waals surface area contributed by atoms with Crippen LogP contribution < -0.4 is 10.6 Å². The summed E-state index contributed by atoms with van der Waals surface area (Å²) in [6.07, 6.45) is 0. The highest BCUT2D eigenvalue weighted by atomic mass is 35.5. The smallest absolute Gasteiger partial charge is 0.269 e. The van der Waals surface area contributed by atoms with Crippen molar-refractivity contribution in [1.29, 1.82) is 0 Å². The lowest BCUT2D eigenvalue weighted by Crippen LogP contribution is -2.48. The fraction of sp³-hybridized carbons (Fsp3) is 0.467. The second-order valence-corrected chi connectivity index (χ2v) is 7.65. The van der Waals surface area contributed by atoms with E-state index in [4.69, 9.17) is 4.74 Å². The van der Waals surface area contributed by atoms with Crippen LogP contribution in [0.2, 0.25) is 0 Å². The van der Waals surface area contributed by atoms with Crippen molar-refractivity contribution in [3.05, 3.63) is 29.3 Å². The summed E-state index contributed by atoms with van der Waals surface area (Å²) in [5.74, 6) is -0.532. The van der Waals surface area contributed by atoms with Crippen LogP contribution in [-0.4, -0.2) is 64.4 Å². The van der Waals surface area contributed by atoms with Crippen LogP contribution in [0, 0.1) is 5.92 Å². The topological polar surface area (TPSA) is 105 Å². The van der Waals surface area contributed by atoms with Gasteiger partial charge in [0.15, 0.2) is 0 Å². The van der Waals surface area contributed by atoms with E-state index in [0.717, 1.165) is 17.4 Å². The normalized spacial score (nSPS) is 18.3. The van der Waals surface area contributed by atoms with Crippen molar-refractivity contribution in [2.75, 3.05) is 39.9 Å². The summed E-state index contributed by atoms with van der Waals surface area (Å²) in [7, 11) is -2.50. The summed E-state index contributed by atoms with van der Waals surface area (Å²) < 4.78 is 30.6. The molecule has 138 valence electrons. The number of ether oxygens (including phenoxy) is 1. The number of nitrogens with one attached hydrogen (secondary N) is 2. The number of benzene rings is 1. The molecule has 2 heterocycles. The lowest BCUT2D eigenvalue weighted by atomic mass is 10.0. The van der Waals surface area contributed by atoms with Crippen molar-refractivity contribution in [2.45, 2.75) is 4.90 Å². The number of halogens is 1. The van der Waals surface area contributed by atoms with E-state index in [1.807, 2.05) is 0 Å². The summed E-state index contributed by atoms with van der Waals surface area (Å²) in [5, 5.41) is 5.90. The number of nitrogens with zero attached hydrogens (tertiary/aromatic N) is 1. The Bertz CT molecular complexity index is 779. The van der Waals surface area contributed by atoms with E-state index >= 15 is 0 Å². The van der Waals surface area contributed by atoms with Gasteiger partial charge in [-0.3, -0.25) is 9.59 Å². The highest BCUT2D eigenvalue weighted by Crippen LogP contribution is 2.30. The zero-order valence-corrected chi connectivity index (χ0v) is 15.3. The van der Waals surface area contributed by atoms with E-state index in [-0.39, 0.29) is 47.5 Å². The van der Waals surface area contributed by atoms with Gasteiger partial charge >= 0.3 is 0 Å². The van der Waals surface area contributed by atoms with Crippen LogP contribution in [0.15, 0.2) is 23.1 Å². The molecule has 0 unspecified atom stereocenters. The zero-order chi connectivity index (χ0) is 17.3. The molecule has 2 aliphatic heterocycles. The van der Waals surface area contributed by atoms with Gasteiger partial charge in [-0.25, -0.2) is 12.7 Å². The summed E-state index contributed by atoms with van der Waals surface area (Å²) in [6.45, 7) is 2.32. The van der Waals surface area contributed by atoms with Crippen LogP contribution >= 0.6 is 12.4 Å². The number of carbonyl (C=O) groups excluding carboxylic acids is 2. The highest BCUT2D eigenvalue weighted by Gasteiger charge is 2.41. The third-order valence-electron chi connectivity index (χ3n) is 4.18. The Kier molecular flexibility index (Phi) is 6.04. The molecule has 0 radical (unpaired) electrons. The fourth-order valence-corrected chi connectivity index (χ4v) is 4.22. The quantitative estimate of drug-likeness (QED) is 0.701. The minimum atomic E-state index is -3.93. The average molecular weight is 390 g/mol. The zero-order valence-electron chi connectivity index (χ0n) is 13.6. The number of amides is 2. The highest BCUT2D eigenvalue weighted by molar-refractivity contribution is 7.90. The molecule has 0 bridgehead atoms. The fourth-order valence-electron chi connectivity index (χ4n) is 2.64. The van der Waals surface area contributed by atoms with Gasteiger partial charge < -0.3 is 15.4 Å².